The average Bonchev–Trinajstić information content (AvgIpc) is 3.14. The molecule has 1 aliphatic heterocycles. The quantitative estimate of drug-likeness (QED) is 0.555. The number of phenols is 1. The topological polar surface area (TPSA) is 107 Å². The van der Waals surface area contributed by atoms with Crippen molar-refractivity contribution in [1.82, 2.24) is 20.6 Å². The molecule has 0 spiro atoms. The monoisotopic (exact) mass is 378 g/mol. The normalized spacial score (nSPS) is 19.0. The highest BCUT2D eigenvalue weighted by molar-refractivity contribution is 5.84. The molecule has 2 atom stereocenters. The summed E-state index contributed by atoms with van der Waals surface area (Å²) in [7, 11) is 0. The first-order valence-corrected chi connectivity index (χ1v) is 9.28. The van der Waals surface area contributed by atoms with Crippen LogP contribution >= 0.6 is 0 Å². The lowest BCUT2D eigenvalue weighted by molar-refractivity contribution is 0.192. The zero-order valence-electron chi connectivity index (χ0n) is 15.5. The second-order valence-electron chi connectivity index (χ2n) is 7.22. The number of nitrogens with one attached hydrogen (secondary N) is 2. The van der Waals surface area contributed by atoms with Crippen molar-refractivity contribution in [3.63, 3.8) is 0 Å². The molecule has 0 radical (unpaired) electrons. The molecular weight excluding hydrogens is 356 g/mol. The number of benzene rings is 2. The van der Waals surface area contributed by atoms with E-state index in [1.54, 1.807) is 18.2 Å². The van der Waals surface area contributed by atoms with Crippen molar-refractivity contribution in [3.8, 4) is 17.1 Å². The van der Waals surface area contributed by atoms with Gasteiger partial charge in [-0.15, -0.1) is 0 Å². The van der Waals surface area contributed by atoms with Gasteiger partial charge in [-0.05, 0) is 43.0 Å². The van der Waals surface area contributed by atoms with Gasteiger partial charge in [0.2, 0.25) is 0 Å². The second kappa shape index (κ2) is 7.44. The number of fused-ring (bicyclic) bond motifs is 1. The molecule has 144 valence electrons. The zero-order valence-corrected chi connectivity index (χ0v) is 15.5. The van der Waals surface area contributed by atoms with Crippen LogP contribution < -0.4 is 10.6 Å². The zero-order chi connectivity index (χ0) is 19.7. The fourth-order valence-corrected chi connectivity index (χ4v) is 3.72. The Morgan fingerprint density at radius 3 is 2.86 bits per heavy atom. The second-order valence-corrected chi connectivity index (χ2v) is 7.22. The predicted octanol–water partition coefficient (Wildman–Crippen LogP) is 3.23. The number of hydrogen-bond acceptors (Lipinski definition) is 5. The maximum Gasteiger partial charge on any atom is 0.404 e. The van der Waals surface area contributed by atoms with E-state index in [9.17, 15) is 9.90 Å². The number of aryl methyl sites for hydroxylation is 1. The van der Waals surface area contributed by atoms with Crippen molar-refractivity contribution < 1.29 is 15.0 Å². The molecule has 2 unspecified atom stereocenters. The standard InChI is InChI=1S/C21H22N4O3/c1-12-6-7-14-16(8-12)24-20(15-4-2-3-5-18(15)26)25-19(14)17-9-13(10-22-17)11-23-21(27)28/h2-8,13,17,22-23,26H,9-11H2,1H3,(H,27,28). The van der Waals surface area contributed by atoms with E-state index in [0.29, 0.717) is 24.5 Å². The number of aromatic hydroxyl groups is 1. The molecular formula is C21H22N4O3. The van der Waals surface area contributed by atoms with E-state index in [4.69, 9.17) is 10.1 Å². The number of hydrogen-bond donors (Lipinski definition) is 4. The molecule has 7 nitrogen and oxygen atoms in total. The summed E-state index contributed by atoms with van der Waals surface area (Å²) in [5, 5.41) is 26.0. The first-order valence-electron chi connectivity index (χ1n) is 9.28. The summed E-state index contributed by atoms with van der Waals surface area (Å²) in [5.41, 5.74) is 3.40. The van der Waals surface area contributed by atoms with Gasteiger partial charge >= 0.3 is 6.09 Å². The van der Waals surface area contributed by atoms with Gasteiger partial charge in [-0.25, -0.2) is 14.8 Å². The largest absolute Gasteiger partial charge is 0.507 e. The fourth-order valence-electron chi connectivity index (χ4n) is 3.72. The minimum atomic E-state index is -1.01. The number of nitrogens with zero attached hydrogens (tertiary/aromatic N) is 2. The van der Waals surface area contributed by atoms with Crippen LogP contribution in [0.1, 0.15) is 23.7 Å². The van der Waals surface area contributed by atoms with Gasteiger partial charge in [0.05, 0.1) is 22.8 Å². The van der Waals surface area contributed by atoms with Crippen molar-refractivity contribution >= 4 is 17.0 Å². The molecule has 1 aliphatic rings. The summed E-state index contributed by atoms with van der Waals surface area (Å²) < 4.78 is 0. The first kappa shape index (κ1) is 18.2. The highest BCUT2D eigenvalue weighted by Crippen LogP contribution is 2.34. The lowest BCUT2D eigenvalue weighted by Crippen LogP contribution is -2.28. The smallest absolute Gasteiger partial charge is 0.404 e. The number of carbonyl (C=O) groups is 1. The maximum absolute atomic E-state index is 10.8. The van der Waals surface area contributed by atoms with Crippen molar-refractivity contribution in [2.45, 2.75) is 19.4 Å². The summed E-state index contributed by atoms with van der Waals surface area (Å²) >= 11 is 0. The highest BCUT2D eigenvalue weighted by atomic mass is 16.4. The summed E-state index contributed by atoms with van der Waals surface area (Å²) in [4.78, 5) is 20.3. The van der Waals surface area contributed by atoms with E-state index in [0.717, 1.165) is 28.6 Å². The molecule has 0 saturated carbocycles. The summed E-state index contributed by atoms with van der Waals surface area (Å²) in [5.74, 6) is 0.827. The Morgan fingerprint density at radius 2 is 2.07 bits per heavy atom. The van der Waals surface area contributed by atoms with Crippen LogP contribution in [0.5, 0.6) is 5.75 Å². The van der Waals surface area contributed by atoms with E-state index in [1.165, 1.54) is 0 Å². The van der Waals surface area contributed by atoms with Crippen LogP contribution in [0.3, 0.4) is 0 Å². The van der Waals surface area contributed by atoms with Crippen molar-refractivity contribution in [3.05, 3.63) is 53.7 Å². The maximum atomic E-state index is 10.8. The first-order chi connectivity index (χ1) is 13.5. The minimum absolute atomic E-state index is 0.00148. The Bertz CT molecular complexity index is 1040. The molecule has 1 fully saturated rings. The van der Waals surface area contributed by atoms with Crippen LogP contribution in [-0.2, 0) is 0 Å². The highest BCUT2D eigenvalue weighted by Gasteiger charge is 2.28. The van der Waals surface area contributed by atoms with E-state index in [2.05, 4.69) is 15.6 Å². The molecule has 1 amide bonds. The molecule has 0 aliphatic carbocycles. The molecule has 28 heavy (non-hydrogen) atoms. The Hall–Kier alpha value is -3.19. The molecule has 2 aromatic carbocycles. The van der Waals surface area contributed by atoms with E-state index < -0.39 is 6.09 Å². The lowest BCUT2D eigenvalue weighted by Gasteiger charge is -2.15. The Morgan fingerprint density at radius 1 is 1.25 bits per heavy atom. The van der Waals surface area contributed by atoms with E-state index in [-0.39, 0.29) is 17.7 Å². The molecule has 1 saturated heterocycles. The number of rotatable bonds is 4. The molecule has 2 heterocycles. The summed E-state index contributed by atoms with van der Waals surface area (Å²) in [6, 6.07) is 13.1. The third-order valence-corrected chi connectivity index (χ3v) is 5.12. The van der Waals surface area contributed by atoms with Crippen LogP contribution in [0, 0.1) is 12.8 Å². The van der Waals surface area contributed by atoms with Crippen LogP contribution in [0.25, 0.3) is 22.3 Å². The Labute approximate surface area is 162 Å². The molecule has 3 aromatic rings. The van der Waals surface area contributed by atoms with Crippen molar-refractivity contribution in [2.24, 2.45) is 5.92 Å². The van der Waals surface area contributed by atoms with Gasteiger partial charge in [-0.1, -0.05) is 24.3 Å². The van der Waals surface area contributed by atoms with Gasteiger partial charge in [0, 0.05) is 18.5 Å². The van der Waals surface area contributed by atoms with Crippen LogP contribution in [0.4, 0.5) is 4.79 Å². The van der Waals surface area contributed by atoms with Gasteiger partial charge in [-0.3, -0.25) is 0 Å². The lowest BCUT2D eigenvalue weighted by atomic mass is 10.00. The van der Waals surface area contributed by atoms with Gasteiger partial charge in [0.1, 0.15) is 5.75 Å². The Balaban J connectivity index is 1.75. The third kappa shape index (κ3) is 3.61. The summed E-state index contributed by atoms with van der Waals surface area (Å²) in [6.07, 6.45) is -0.228. The van der Waals surface area contributed by atoms with E-state index >= 15 is 0 Å². The van der Waals surface area contributed by atoms with Crippen LogP contribution in [-0.4, -0.2) is 39.4 Å². The molecule has 4 N–H and O–H groups in total. The number of amides is 1. The van der Waals surface area contributed by atoms with Gasteiger partial charge < -0.3 is 20.8 Å². The van der Waals surface area contributed by atoms with Gasteiger partial charge in [-0.2, -0.15) is 0 Å². The average molecular weight is 378 g/mol. The molecule has 0 bridgehead atoms. The number of carboxylic acid groups (broad SMARTS) is 1. The minimum Gasteiger partial charge on any atom is -0.507 e. The number of phenolic OH excluding ortho intramolecular Hbond substituents is 1. The SMILES string of the molecule is Cc1ccc2c(C3CC(CNC(=O)O)CN3)nc(-c3ccccc3O)nc2c1. The molecule has 1 aromatic heterocycles. The van der Waals surface area contributed by atoms with Crippen LogP contribution in [0.15, 0.2) is 42.5 Å². The third-order valence-electron chi connectivity index (χ3n) is 5.12. The van der Waals surface area contributed by atoms with Gasteiger partial charge in [0.25, 0.3) is 0 Å². The van der Waals surface area contributed by atoms with Crippen molar-refractivity contribution in [2.75, 3.05) is 13.1 Å². The van der Waals surface area contributed by atoms with Crippen LogP contribution in [0.2, 0.25) is 0 Å². The molecule has 4 rings (SSSR count). The predicted molar refractivity (Wildman–Crippen MR) is 106 cm³/mol. The summed E-state index contributed by atoms with van der Waals surface area (Å²) in [6.45, 7) is 3.14. The number of aromatic nitrogens is 2. The fraction of sp³-hybridized carbons (Fsp3) is 0.286. The van der Waals surface area contributed by atoms with E-state index in [1.807, 2.05) is 31.2 Å². The number of para-hydroxylation sites is 1. The molecule has 7 heteroatoms. The Kier molecular flexibility index (Phi) is 4.83. The van der Waals surface area contributed by atoms with Crippen molar-refractivity contribution in [1.29, 1.82) is 0 Å². The van der Waals surface area contributed by atoms with Gasteiger partial charge in [0.15, 0.2) is 5.82 Å².